The predicted molar refractivity (Wildman–Crippen MR) is 90.4 cm³/mol. The first kappa shape index (κ1) is 18.1. The minimum atomic E-state index is -2.46. The molecule has 1 heterocycles. The number of hydrogen-bond donors (Lipinski definition) is 1. The van der Waals surface area contributed by atoms with Crippen LogP contribution in [0.1, 0.15) is 6.92 Å². The number of esters is 1. The Balaban J connectivity index is 2.00. The van der Waals surface area contributed by atoms with E-state index >= 15 is 0 Å². The van der Waals surface area contributed by atoms with Gasteiger partial charge in [0.1, 0.15) is 0 Å². The van der Waals surface area contributed by atoms with E-state index in [9.17, 15) is 13.6 Å². The van der Waals surface area contributed by atoms with Crippen LogP contribution >= 0.6 is 22.9 Å². The number of hydrogen-bond acceptors (Lipinski definition) is 7. The minimum absolute atomic E-state index is 0.0304. The van der Waals surface area contributed by atoms with Crippen molar-refractivity contribution in [3.05, 3.63) is 23.2 Å². The number of ether oxygens (including phenoxy) is 1. The van der Waals surface area contributed by atoms with Gasteiger partial charge in [0.25, 0.3) is 0 Å². The van der Waals surface area contributed by atoms with Crippen molar-refractivity contribution in [1.82, 2.24) is 10.3 Å². The molecule has 1 atom stereocenters. The van der Waals surface area contributed by atoms with Crippen LogP contribution in [0, 0.1) is 0 Å². The first-order valence-electron chi connectivity index (χ1n) is 6.80. The fourth-order valence-corrected chi connectivity index (χ4v) is 3.56. The molecule has 2 rings (SSSR count). The summed E-state index contributed by atoms with van der Waals surface area (Å²) in [7, 11) is 0. The van der Waals surface area contributed by atoms with Crippen LogP contribution in [-0.2, 0) is 20.8 Å². The molecule has 2 aromatic rings. The lowest BCUT2D eigenvalue weighted by atomic mass is 10.3. The zero-order valence-corrected chi connectivity index (χ0v) is 14.7. The second-order valence-electron chi connectivity index (χ2n) is 4.41. The zero-order chi connectivity index (χ0) is 16.8. The summed E-state index contributed by atoms with van der Waals surface area (Å²) in [5, 5.41) is 3.73. The lowest BCUT2D eigenvalue weighted by Gasteiger charge is -2.23. The molecule has 1 N–H and O–H groups in total. The number of nitrogens with one attached hydrogen (secondary N) is 1. The molecule has 10 heteroatoms. The summed E-state index contributed by atoms with van der Waals surface area (Å²) in [6.45, 7) is 2.51. The fraction of sp³-hybridized carbons (Fsp3) is 0.385. The molecule has 0 amide bonds. The summed E-state index contributed by atoms with van der Waals surface area (Å²) in [6.07, 6.45) is 0. The molecule has 1 unspecified atom stereocenters. The summed E-state index contributed by atoms with van der Waals surface area (Å²) in [5.41, 5.74) is 0.646. The molecule has 0 aliphatic heterocycles. The van der Waals surface area contributed by atoms with Gasteiger partial charge in [-0.1, -0.05) is 22.9 Å². The molecule has 0 fully saturated rings. The van der Waals surface area contributed by atoms with Gasteiger partial charge in [0, 0.05) is 29.4 Å². The van der Waals surface area contributed by atoms with E-state index in [2.05, 4.69) is 10.3 Å². The van der Waals surface area contributed by atoms with Crippen molar-refractivity contribution in [3.8, 4) is 0 Å². The first-order valence-corrected chi connectivity index (χ1v) is 9.03. The number of anilines is 1. The number of carbonyl (C=O) groups excluding carboxylic acids is 1. The summed E-state index contributed by atoms with van der Waals surface area (Å²) in [4.78, 5) is 15.5. The number of carbonyl (C=O) groups is 1. The maximum absolute atomic E-state index is 11.4. The minimum Gasteiger partial charge on any atom is -0.755 e. The number of thiazole rings is 1. The molecule has 0 spiro atoms. The van der Waals surface area contributed by atoms with Crippen LogP contribution in [-0.4, -0.2) is 46.0 Å². The Kier molecular flexibility index (Phi) is 6.72. The van der Waals surface area contributed by atoms with Crippen molar-refractivity contribution in [1.29, 1.82) is 0 Å². The third kappa shape index (κ3) is 5.11. The molecule has 0 radical (unpaired) electrons. The molecule has 0 aliphatic carbocycles. The average molecular weight is 377 g/mol. The van der Waals surface area contributed by atoms with E-state index in [1.807, 2.05) is 0 Å². The number of benzene rings is 1. The molecule has 126 valence electrons. The van der Waals surface area contributed by atoms with Crippen LogP contribution in [0.25, 0.3) is 10.2 Å². The van der Waals surface area contributed by atoms with Crippen LogP contribution < -0.4 is 9.62 Å². The smallest absolute Gasteiger partial charge is 0.319 e. The van der Waals surface area contributed by atoms with Crippen molar-refractivity contribution in [2.75, 3.05) is 30.5 Å². The fourth-order valence-electron chi connectivity index (χ4n) is 1.81. The normalized spacial score (nSPS) is 12.3. The van der Waals surface area contributed by atoms with Gasteiger partial charge < -0.3 is 14.6 Å². The van der Waals surface area contributed by atoms with Crippen LogP contribution in [0.3, 0.4) is 0 Å². The van der Waals surface area contributed by atoms with Crippen LogP contribution in [0.15, 0.2) is 18.2 Å². The van der Waals surface area contributed by atoms with E-state index < -0.39 is 11.3 Å². The molecular weight excluding hydrogens is 362 g/mol. The Morgan fingerprint density at radius 3 is 3.04 bits per heavy atom. The highest BCUT2D eigenvalue weighted by molar-refractivity contribution is 7.81. The van der Waals surface area contributed by atoms with E-state index in [0.717, 1.165) is 9.01 Å². The Labute approximate surface area is 145 Å². The van der Waals surface area contributed by atoms with Gasteiger partial charge in [-0.25, -0.2) is 4.98 Å². The summed E-state index contributed by atoms with van der Waals surface area (Å²) in [5.74, 6) is -0.378. The monoisotopic (exact) mass is 376 g/mol. The van der Waals surface area contributed by atoms with E-state index in [4.69, 9.17) is 16.3 Å². The number of nitrogens with zero attached hydrogens (tertiary/aromatic N) is 2. The number of fused-ring (bicyclic) bond motifs is 1. The average Bonchev–Trinajstić information content (AvgIpc) is 2.89. The standard InChI is InChI=1S/C13H16ClN3O4S2/c1-2-21-12(18)8-15-5-6-17(23(19)20)13-16-10-7-9(14)3-4-11(10)22-13/h3-4,7,15H,2,5-6,8H2,1H3,(H,19,20)/p-1. The molecule has 0 aliphatic rings. The highest BCUT2D eigenvalue weighted by atomic mass is 35.5. The van der Waals surface area contributed by atoms with E-state index in [1.54, 1.807) is 25.1 Å². The van der Waals surface area contributed by atoms with Crippen LogP contribution in [0.5, 0.6) is 0 Å². The Morgan fingerprint density at radius 2 is 2.35 bits per heavy atom. The second kappa shape index (κ2) is 8.55. The number of aromatic nitrogens is 1. The molecule has 23 heavy (non-hydrogen) atoms. The molecule has 1 aromatic carbocycles. The third-order valence-corrected chi connectivity index (χ3v) is 4.92. The van der Waals surface area contributed by atoms with Gasteiger partial charge >= 0.3 is 5.97 Å². The maximum Gasteiger partial charge on any atom is 0.319 e. The van der Waals surface area contributed by atoms with Crippen molar-refractivity contribution in [3.63, 3.8) is 0 Å². The Hall–Kier alpha value is -1.26. The predicted octanol–water partition coefficient (Wildman–Crippen LogP) is 1.70. The Morgan fingerprint density at radius 1 is 1.57 bits per heavy atom. The molecule has 1 aromatic heterocycles. The number of rotatable bonds is 8. The number of halogens is 1. The van der Waals surface area contributed by atoms with Crippen molar-refractivity contribution >= 4 is 55.5 Å². The third-order valence-electron chi connectivity index (χ3n) is 2.80. The topological polar surface area (TPSA) is 94.6 Å². The molecule has 0 saturated carbocycles. The Bertz CT molecular complexity index is 710. The van der Waals surface area contributed by atoms with Gasteiger partial charge in [-0.2, -0.15) is 0 Å². The SMILES string of the molecule is CCOC(=O)CNCCN(c1nc2cc(Cl)ccc2s1)S(=O)[O-]. The lowest BCUT2D eigenvalue weighted by molar-refractivity contribution is -0.141. The summed E-state index contributed by atoms with van der Waals surface area (Å²) in [6, 6.07) is 5.21. The van der Waals surface area contributed by atoms with E-state index in [1.165, 1.54) is 11.3 Å². The highest BCUT2D eigenvalue weighted by Gasteiger charge is 2.13. The van der Waals surface area contributed by atoms with Crippen molar-refractivity contribution < 1.29 is 18.3 Å². The quantitative estimate of drug-likeness (QED) is 0.428. The van der Waals surface area contributed by atoms with E-state index in [0.29, 0.717) is 28.8 Å². The maximum atomic E-state index is 11.4. The van der Waals surface area contributed by atoms with E-state index in [-0.39, 0.29) is 19.1 Å². The first-order chi connectivity index (χ1) is 11.0. The van der Waals surface area contributed by atoms with Gasteiger partial charge in [0.05, 0.1) is 23.4 Å². The second-order valence-corrected chi connectivity index (χ2v) is 6.73. The van der Waals surface area contributed by atoms with Gasteiger partial charge in [-0.05, 0) is 25.1 Å². The summed E-state index contributed by atoms with van der Waals surface area (Å²) < 4.78 is 29.6. The molecule has 0 saturated heterocycles. The van der Waals surface area contributed by atoms with Crippen LogP contribution in [0.4, 0.5) is 5.13 Å². The van der Waals surface area contributed by atoms with Crippen LogP contribution in [0.2, 0.25) is 5.02 Å². The van der Waals surface area contributed by atoms with Gasteiger partial charge in [-0.3, -0.25) is 13.3 Å². The van der Waals surface area contributed by atoms with Gasteiger partial charge in [0.15, 0.2) is 5.13 Å². The highest BCUT2D eigenvalue weighted by Crippen LogP contribution is 2.30. The summed E-state index contributed by atoms with van der Waals surface area (Å²) >= 11 is 4.70. The van der Waals surface area contributed by atoms with Crippen molar-refractivity contribution in [2.45, 2.75) is 6.92 Å². The molecular formula is C13H15ClN3O4S2-. The molecule has 7 nitrogen and oxygen atoms in total. The van der Waals surface area contributed by atoms with Gasteiger partial charge in [-0.15, -0.1) is 0 Å². The van der Waals surface area contributed by atoms with Crippen molar-refractivity contribution in [2.24, 2.45) is 0 Å². The zero-order valence-electron chi connectivity index (χ0n) is 12.3. The van der Waals surface area contributed by atoms with Gasteiger partial charge in [0.2, 0.25) is 0 Å². The molecule has 0 bridgehead atoms. The lowest BCUT2D eigenvalue weighted by Crippen LogP contribution is -2.35. The largest absolute Gasteiger partial charge is 0.755 e.